The van der Waals surface area contributed by atoms with Crippen LogP contribution in [0, 0.1) is 12.3 Å². The quantitative estimate of drug-likeness (QED) is 0.362. The molecule has 0 aliphatic carbocycles. The van der Waals surface area contributed by atoms with Crippen LogP contribution in [-0.2, 0) is 18.3 Å². The lowest BCUT2D eigenvalue weighted by atomic mass is 10.8. The molecule has 0 aromatic heterocycles. The first kappa shape index (κ1) is 12.7. The summed E-state index contributed by atoms with van der Waals surface area (Å²) in [6.45, 7) is 4.26. The fourth-order valence-corrected chi connectivity index (χ4v) is 2.05. The molecule has 0 aliphatic rings. The minimum Gasteiger partial charge on any atom is -0.356 e. The summed E-state index contributed by atoms with van der Waals surface area (Å²) >= 11 is 0. The third-order valence-corrected chi connectivity index (χ3v) is 2.89. The molecule has 0 aromatic carbocycles. The van der Waals surface area contributed by atoms with Gasteiger partial charge in [-0.3, -0.25) is 4.57 Å². The van der Waals surface area contributed by atoms with Gasteiger partial charge in [0.1, 0.15) is 13.0 Å². The van der Waals surface area contributed by atoms with E-state index in [0.29, 0.717) is 13.2 Å². The van der Waals surface area contributed by atoms with Gasteiger partial charge in [-0.05, 0) is 13.8 Å². The van der Waals surface area contributed by atoms with Crippen LogP contribution in [0.2, 0.25) is 0 Å². The Morgan fingerprint density at radius 3 is 2.23 bits per heavy atom. The molecule has 0 rings (SSSR count). The smallest absolute Gasteiger partial charge is 0.356 e. The fraction of sp³-hybridized carbons (Fsp3) is 0.750. The molecule has 0 heterocycles. The van der Waals surface area contributed by atoms with Crippen molar-refractivity contribution in [3.8, 4) is 12.3 Å². The van der Waals surface area contributed by atoms with Gasteiger partial charge in [-0.2, -0.15) is 0 Å². The third kappa shape index (κ3) is 5.84. The summed E-state index contributed by atoms with van der Waals surface area (Å²) in [4.78, 5) is 0. The highest BCUT2D eigenvalue weighted by atomic mass is 31.2. The van der Waals surface area contributed by atoms with E-state index >= 15 is 0 Å². The zero-order valence-electron chi connectivity index (χ0n) is 7.99. The molecule has 0 aliphatic heterocycles. The molecule has 0 atom stereocenters. The zero-order valence-corrected chi connectivity index (χ0v) is 8.88. The predicted molar refractivity (Wildman–Crippen MR) is 50.5 cm³/mol. The van der Waals surface area contributed by atoms with Crippen molar-refractivity contribution >= 4 is 7.60 Å². The molecule has 0 bridgehead atoms. The Kier molecular flexibility index (Phi) is 6.93. The Morgan fingerprint density at radius 1 is 1.31 bits per heavy atom. The van der Waals surface area contributed by atoms with E-state index in [0.717, 1.165) is 0 Å². The van der Waals surface area contributed by atoms with Crippen LogP contribution in [-0.4, -0.2) is 26.2 Å². The maximum Gasteiger partial charge on any atom is 0.356 e. The van der Waals surface area contributed by atoms with Crippen LogP contribution < -0.4 is 0 Å². The van der Waals surface area contributed by atoms with Crippen LogP contribution in [0.1, 0.15) is 13.8 Å². The van der Waals surface area contributed by atoms with E-state index in [2.05, 4.69) is 5.92 Å². The van der Waals surface area contributed by atoms with Crippen molar-refractivity contribution < 1.29 is 18.3 Å². The summed E-state index contributed by atoms with van der Waals surface area (Å²) in [6.07, 6.45) is 4.88. The van der Waals surface area contributed by atoms with Gasteiger partial charge >= 0.3 is 7.60 Å². The SMILES string of the molecule is C#CCOCP(=O)(OCC)OCC. The van der Waals surface area contributed by atoms with Crippen LogP contribution in [0.3, 0.4) is 0 Å². The average molecular weight is 206 g/mol. The lowest BCUT2D eigenvalue weighted by Gasteiger charge is -2.15. The van der Waals surface area contributed by atoms with Crippen LogP contribution >= 0.6 is 7.60 Å². The molecule has 0 amide bonds. The lowest BCUT2D eigenvalue weighted by molar-refractivity contribution is 0.152. The van der Waals surface area contributed by atoms with Gasteiger partial charge in [-0.1, -0.05) is 5.92 Å². The van der Waals surface area contributed by atoms with E-state index in [9.17, 15) is 4.57 Å². The molecule has 5 heteroatoms. The first-order chi connectivity index (χ1) is 6.18. The van der Waals surface area contributed by atoms with Crippen molar-refractivity contribution in [2.75, 3.05) is 26.2 Å². The number of rotatable bonds is 7. The number of ether oxygens (including phenoxy) is 1. The van der Waals surface area contributed by atoms with Gasteiger partial charge in [0.25, 0.3) is 0 Å². The molecule has 0 spiro atoms. The summed E-state index contributed by atoms with van der Waals surface area (Å²) in [5.74, 6) is 2.27. The molecule has 0 saturated carbocycles. The number of hydrogen-bond donors (Lipinski definition) is 0. The topological polar surface area (TPSA) is 44.8 Å². The second-order valence-electron chi connectivity index (χ2n) is 2.13. The van der Waals surface area contributed by atoms with Gasteiger partial charge in [0.15, 0.2) is 0 Å². The molecule has 0 N–H and O–H groups in total. The highest BCUT2D eigenvalue weighted by molar-refractivity contribution is 7.53. The summed E-state index contributed by atoms with van der Waals surface area (Å²) in [5, 5.41) is 0. The van der Waals surface area contributed by atoms with Gasteiger partial charge in [0.05, 0.1) is 13.2 Å². The molecule has 0 unspecified atom stereocenters. The van der Waals surface area contributed by atoms with Crippen molar-refractivity contribution in [2.45, 2.75) is 13.8 Å². The normalized spacial score (nSPS) is 11.2. The van der Waals surface area contributed by atoms with Crippen molar-refractivity contribution in [3.63, 3.8) is 0 Å². The van der Waals surface area contributed by atoms with E-state index in [1.165, 1.54) is 0 Å². The van der Waals surface area contributed by atoms with Gasteiger partial charge in [0.2, 0.25) is 0 Å². The van der Waals surface area contributed by atoms with Crippen LogP contribution in [0.25, 0.3) is 0 Å². The highest BCUT2D eigenvalue weighted by Crippen LogP contribution is 2.47. The Balaban J connectivity index is 3.93. The Labute approximate surface area is 79.1 Å². The molecule has 76 valence electrons. The van der Waals surface area contributed by atoms with Gasteiger partial charge < -0.3 is 13.8 Å². The monoisotopic (exact) mass is 206 g/mol. The molecule has 13 heavy (non-hydrogen) atoms. The van der Waals surface area contributed by atoms with E-state index < -0.39 is 7.60 Å². The molecular weight excluding hydrogens is 191 g/mol. The summed E-state index contributed by atoms with van der Waals surface area (Å²) in [6, 6.07) is 0. The highest BCUT2D eigenvalue weighted by Gasteiger charge is 2.23. The van der Waals surface area contributed by atoms with Crippen molar-refractivity contribution in [2.24, 2.45) is 0 Å². The van der Waals surface area contributed by atoms with Gasteiger partial charge in [0, 0.05) is 0 Å². The number of hydrogen-bond acceptors (Lipinski definition) is 4. The van der Waals surface area contributed by atoms with E-state index in [1.54, 1.807) is 13.8 Å². The van der Waals surface area contributed by atoms with Crippen molar-refractivity contribution in [3.05, 3.63) is 0 Å². The summed E-state index contributed by atoms with van der Waals surface area (Å²) in [7, 11) is -3.07. The van der Waals surface area contributed by atoms with E-state index in [-0.39, 0.29) is 13.0 Å². The minimum absolute atomic E-state index is 0.0844. The maximum atomic E-state index is 11.6. The minimum atomic E-state index is -3.07. The maximum absolute atomic E-state index is 11.6. The van der Waals surface area contributed by atoms with Crippen LogP contribution in [0.5, 0.6) is 0 Å². The zero-order chi connectivity index (χ0) is 10.2. The average Bonchev–Trinajstić information content (AvgIpc) is 2.05. The largest absolute Gasteiger partial charge is 0.356 e. The first-order valence-corrected chi connectivity index (χ1v) is 5.80. The second-order valence-corrected chi connectivity index (χ2v) is 4.12. The first-order valence-electron chi connectivity index (χ1n) is 4.08. The van der Waals surface area contributed by atoms with Gasteiger partial charge in [-0.15, -0.1) is 6.42 Å². The fourth-order valence-electron chi connectivity index (χ4n) is 0.722. The molecule has 0 aromatic rings. The van der Waals surface area contributed by atoms with E-state index in [1.807, 2.05) is 0 Å². The van der Waals surface area contributed by atoms with Gasteiger partial charge in [-0.25, -0.2) is 0 Å². The Hall–Kier alpha value is -0.330. The van der Waals surface area contributed by atoms with Crippen LogP contribution in [0.15, 0.2) is 0 Å². The van der Waals surface area contributed by atoms with E-state index in [4.69, 9.17) is 20.2 Å². The lowest BCUT2D eigenvalue weighted by Crippen LogP contribution is -2.03. The predicted octanol–water partition coefficient (Wildman–Crippen LogP) is 1.86. The number of terminal acetylenes is 1. The molecule has 0 fully saturated rings. The molecular formula is C8H15O4P. The molecule has 4 nitrogen and oxygen atoms in total. The van der Waals surface area contributed by atoms with Crippen molar-refractivity contribution in [1.29, 1.82) is 0 Å². The summed E-state index contributed by atoms with van der Waals surface area (Å²) < 4.78 is 26.5. The van der Waals surface area contributed by atoms with Crippen molar-refractivity contribution in [1.82, 2.24) is 0 Å². The standard InChI is InChI=1S/C8H15O4P/c1-4-7-10-8-13(9,11-5-2)12-6-3/h1H,5-8H2,2-3H3. The third-order valence-electron chi connectivity index (χ3n) is 1.09. The summed E-state index contributed by atoms with van der Waals surface area (Å²) in [5.41, 5.74) is 0. The Bertz CT molecular complexity index is 199. The molecule has 0 saturated heterocycles. The second kappa shape index (κ2) is 7.11. The Morgan fingerprint density at radius 2 is 1.85 bits per heavy atom. The molecule has 0 radical (unpaired) electrons. The van der Waals surface area contributed by atoms with Crippen LogP contribution in [0.4, 0.5) is 0 Å².